The number of nitrogens with two attached hydrogens (primary N) is 1. The van der Waals surface area contributed by atoms with Crippen LogP contribution in [0.15, 0.2) is 30.3 Å². The summed E-state index contributed by atoms with van der Waals surface area (Å²) in [7, 11) is 0. The fourth-order valence-corrected chi connectivity index (χ4v) is 2.06. The summed E-state index contributed by atoms with van der Waals surface area (Å²) in [5, 5.41) is 0. The molecule has 2 rings (SSSR count). The number of benzene rings is 2. The number of rotatable bonds is 3. The molecule has 0 aliphatic heterocycles. The fraction of sp³-hybridized carbons (Fsp3) is 0.250. The van der Waals surface area contributed by atoms with Crippen LogP contribution in [0.1, 0.15) is 22.3 Å². The minimum Gasteiger partial charge on any atom is -0.488 e. The average Bonchev–Trinajstić information content (AvgIpc) is 2.33. The van der Waals surface area contributed by atoms with Crippen molar-refractivity contribution in [2.24, 2.45) is 0 Å². The molecule has 19 heavy (non-hydrogen) atoms. The number of hydrogen-bond acceptors (Lipinski definition) is 2. The first-order chi connectivity index (χ1) is 8.97. The minimum absolute atomic E-state index is 0.313. The highest BCUT2D eigenvalue weighted by molar-refractivity contribution is 5.45. The molecule has 0 fully saturated rings. The van der Waals surface area contributed by atoms with Gasteiger partial charge in [-0.3, -0.25) is 0 Å². The lowest BCUT2D eigenvalue weighted by molar-refractivity contribution is 0.301. The van der Waals surface area contributed by atoms with Gasteiger partial charge in [0.1, 0.15) is 18.2 Å². The Kier molecular flexibility index (Phi) is 3.74. The molecule has 3 heteroatoms. The van der Waals surface area contributed by atoms with E-state index in [1.165, 1.54) is 17.7 Å². The van der Waals surface area contributed by atoms with E-state index in [-0.39, 0.29) is 5.82 Å². The summed E-state index contributed by atoms with van der Waals surface area (Å²) < 4.78 is 19.1. The van der Waals surface area contributed by atoms with Crippen molar-refractivity contribution in [2.45, 2.75) is 27.4 Å². The third-order valence-electron chi connectivity index (χ3n) is 3.24. The zero-order valence-electron chi connectivity index (χ0n) is 11.5. The second kappa shape index (κ2) is 5.31. The highest BCUT2D eigenvalue weighted by Crippen LogP contribution is 2.26. The fourth-order valence-electron chi connectivity index (χ4n) is 2.06. The van der Waals surface area contributed by atoms with Gasteiger partial charge in [0.2, 0.25) is 0 Å². The molecule has 0 spiro atoms. The van der Waals surface area contributed by atoms with Gasteiger partial charge in [0.05, 0.1) is 0 Å². The van der Waals surface area contributed by atoms with Crippen LogP contribution in [0.3, 0.4) is 0 Å². The van der Waals surface area contributed by atoms with Gasteiger partial charge < -0.3 is 10.5 Å². The lowest BCUT2D eigenvalue weighted by Crippen LogP contribution is -2.01. The first-order valence-corrected chi connectivity index (χ1v) is 6.22. The molecule has 2 aromatic rings. The summed E-state index contributed by atoms with van der Waals surface area (Å²) in [6, 6.07) is 8.56. The summed E-state index contributed by atoms with van der Waals surface area (Å²) in [5.41, 5.74) is 10.1. The van der Waals surface area contributed by atoms with E-state index in [1.807, 2.05) is 26.8 Å². The number of aryl methyl sites for hydroxylation is 2. The largest absolute Gasteiger partial charge is 0.488 e. The number of halogens is 1. The average molecular weight is 259 g/mol. The van der Waals surface area contributed by atoms with Crippen molar-refractivity contribution in [3.63, 3.8) is 0 Å². The first kappa shape index (κ1) is 13.4. The van der Waals surface area contributed by atoms with Crippen LogP contribution >= 0.6 is 0 Å². The number of ether oxygens (including phenoxy) is 1. The molecule has 0 atom stereocenters. The Hall–Kier alpha value is -2.03. The van der Waals surface area contributed by atoms with Crippen LogP contribution < -0.4 is 10.5 Å². The minimum atomic E-state index is -0.337. The first-order valence-electron chi connectivity index (χ1n) is 6.22. The molecule has 0 aliphatic carbocycles. The molecule has 2 nitrogen and oxygen atoms in total. The van der Waals surface area contributed by atoms with Gasteiger partial charge in [-0.1, -0.05) is 12.1 Å². The zero-order chi connectivity index (χ0) is 14.0. The highest BCUT2D eigenvalue weighted by Gasteiger charge is 2.07. The van der Waals surface area contributed by atoms with Crippen molar-refractivity contribution in [3.8, 4) is 5.75 Å². The Bertz CT molecular complexity index is 588. The topological polar surface area (TPSA) is 35.2 Å². The molecule has 2 aromatic carbocycles. The third-order valence-corrected chi connectivity index (χ3v) is 3.24. The molecule has 0 amide bonds. The Balaban J connectivity index is 2.21. The molecule has 0 bridgehead atoms. The van der Waals surface area contributed by atoms with E-state index in [0.29, 0.717) is 12.3 Å². The molecule has 0 heterocycles. The maximum Gasteiger partial charge on any atom is 0.125 e. The monoisotopic (exact) mass is 259 g/mol. The van der Waals surface area contributed by atoms with Crippen LogP contribution in [0, 0.1) is 26.6 Å². The SMILES string of the molecule is Cc1ccc(C)c(OCc2cc(N)cc(F)c2)c1C. The van der Waals surface area contributed by atoms with Gasteiger partial charge in [-0.05, 0) is 61.2 Å². The van der Waals surface area contributed by atoms with Gasteiger partial charge in [-0.2, -0.15) is 0 Å². The maximum atomic E-state index is 13.2. The van der Waals surface area contributed by atoms with E-state index in [2.05, 4.69) is 6.07 Å². The number of hydrogen-bond donors (Lipinski definition) is 1. The summed E-state index contributed by atoms with van der Waals surface area (Å²) >= 11 is 0. The highest BCUT2D eigenvalue weighted by atomic mass is 19.1. The van der Waals surface area contributed by atoms with Gasteiger partial charge in [-0.15, -0.1) is 0 Å². The second-order valence-corrected chi connectivity index (χ2v) is 4.83. The van der Waals surface area contributed by atoms with E-state index in [4.69, 9.17) is 10.5 Å². The van der Waals surface area contributed by atoms with E-state index in [1.54, 1.807) is 6.07 Å². The molecule has 0 saturated carbocycles. The molecule has 0 aromatic heterocycles. The molecular formula is C16H18FNO. The van der Waals surface area contributed by atoms with E-state index < -0.39 is 0 Å². The molecule has 2 N–H and O–H groups in total. The Morgan fingerprint density at radius 3 is 2.42 bits per heavy atom. The lowest BCUT2D eigenvalue weighted by atomic mass is 10.1. The number of anilines is 1. The summed E-state index contributed by atoms with van der Waals surface area (Å²) in [4.78, 5) is 0. The van der Waals surface area contributed by atoms with Crippen LogP contribution in [0.5, 0.6) is 5.75 Å². The van der Waals surface area contributed by atoms with E-state index in [0.717, 1.165) is 22.4 Å². The molecule has 0 saturated heterocycles. The van der Waals surface area contributed by atoms with Crippen LogP contribution in [-0.2, 0) is 6.61 Å². The van der Waals surface area contributed by atoms with Crippen molar-refractivity contribution in [1.29, 1.82) is 0 Å². The van der Waals surface area contributed by atoms with Gasteiger partial charge in [0.15, 0.2) is 0 Å². The van der Waals surface area contributed by atoms with Gasteiger partial charge in [0, 0.05) is 5.69 Å². The van der Waals surface area contributed by atoms with Crippen molar-refractivity contribution < 1.29 is 9.13 Å². The summed E-state index contributed by atoms with van der Waals surface area (Å²) in [6.07, 6.45) is 0. The van der Waals surface area contributed by atoms with Crippen molar-refractivity contribution in [2.75, 3.05) is 5.73 Å². The van der Waals surface area contributed by atoms with Gasteiger partial charge >= 0.3 is 0 Å². The molecule has 0 radical (unpaired) electrons. The second-order valence-electron chi connectivity index (χ2n) is 4.83. The van der Waals surface area contributed by atoms with Crippen LogP contribution in [0.4, 0.5) is 10.1 Å². The molecular weight excluding hydrogens is 241 g/mol. The number of nitrogen functional groups attached to an aromatic ring is 1. The van der Waals surface area contributed by atoms with Crippen molar-refractivity contribution in [3.05, 3.63) is 58.4 Å². The van der Waals surface area contributed by atoms with Gasteiger partial charge in [-0.25, -0.2) is 4.39 Å². The van der Waals surface area contributed by atoms with Crippen LogP contribution in [-0.4, -0.2) is 0 Å². The maximum absolute atomic E-state index is 13.2. The molecule has 0 unspecified atom stereocenters. The Morgan fingerprint density at radius 2 is 1.74 bits per heavy atom. The van der Waals surface area contributed by atoms with Crippen LogP contribution in [0.25, 0.3) is 0 Å². The predicted octanol–water partition coefficient (Wildman–Crippen LogP) is 3.91. The van der Waals surface area contributed by atoms with E-state index in [9.17, 15) is 4.39 Å². The molecule has 0 aliphatic rings. The Morgan fingerprint density at radius 1 is 1.05 bits per heavy atom. The standard InChI is InChI=1S/C16H18FNO/c1-10-4-5-11(2)16(12(10)3)19-9-13-6-14(17)8-15(18)7-13/h4-8H,9,18H2,1-3H3. The normalized spacial score (nSPS) is 10.5. The van der Waals surface area contributed by atoms with Crippen molar-refractivity contribution >= 4 is 5.69 Å². The summed E-state index contributed by atoms with van der Waals surface area (Å²) in [6.45, 7) is 6.38. The smallest absolute Gasteiger partial charge is 0.125 e. The summed E-state index contributed by atoms with van der Waals surface area (Å²) in [5.74, 6) is 0.527. The van der Waals surface area contributed by atoms with Crippen LogP contribution in [0.2, 0.25) is 0 Å². The van der Waals surface area contributed by atoms with Crippen molar-refractivity contribution in [1.82, 2.24) is 0 Å². The van der Waals surface area contributed by atoms with Gasteiger partial charge in [0.25, 0.3) is 0 Å². The molecule has 100 valence electrons. The third kappa shape index (κ3) is 3.05. The Labute approximate surface area is 113 Å². The van der Waals surface area contributed by atoms with E-state index >= 15 is 0 Å². The predicted molar refractivity (Wildman–Crippen MR) is 75.8 cm³/mol. The lowest BCUT2D eigenvalue weighted by Gasteiger charge is -2.14. The quantitative estimate of drug-likeness (QED) is 0.848. The zero-order valence-corrected chi connectivity index (χ0v) is 11.5.